The lowest BCUT2D eigenvalue weighted by atomic mass is 10.2. The molecule has 4 aromatic rings. The van der Waals surface area contributed by atoms with Crippen molar-refractivity contribution in [1.82, 2.24) is 9.55 Å². The Morgan fingerprint density at radius 2 is 1.54 bits per heavy atom. The van der Waals surface area contributed by atoms with Crippen LogP contribution in [0.15, 0.2) is 66.7 Å². The van der Waals surface area contributed by atoms with E-state index < -0.39 is 0 Å². The molecule has 0 aliphatic rings. The Morgan fingerprint density at radius 1 is 0.893 bits per heavy atom. The maximum absolute atomic E-state index is 6.40. The fourth-order valence-electron chi connectivity index (χ4n) is 3.20. The van der Waals surface area contributed by atoms with Crippen LogP contribution >= 0.6 is 11.6 Å². The Hall–Kier alpha value is -2.98. The largest absolute Gasteiger partial charge is 0.494 e. The van der Waals surface area contributed by atoms with Gasteiger partial charge in [-0.15, -0.1) is 0 Å². The molecule has 3 aromatic carbocycles. The fourth-order valence-corrected chi connectivity index (χ4v) is 3.48. The van der Waals surface area contributed by atoms with Crippen LogP contribution in [0.5, 0.6) is 17.2 Å². The molecule has 1 heterocycles. The van der Waals surface area contributed by atoms with E-state index in [1.165, 1.54) is 0 Å². The van der Waals surface area contributed by atoms with Gasteiger partial charge in [0, 0.05) is 6.54 Å². The van der Waals surface area contributed by atoms with E-state index in [0.29, 0.717) is 18.2 Å². The molecule has 0 aliphatic heterocycles. The normalized spacial score (nSPS) is 11.0. The molecule has 142 valence electrons. The number of hydrogen-bond acceptors (Lipinski definition) is 3. The minimum absolute atomic E-state index is 0.651. The molecule has 0 saturated carbocycles. The average molecular weight is 393 g/mol. The van der Waals surface area contributed by atoms with Gasteiger partial charge in [-0.1, -0.05) is 29.8 Å². The minimum Gasteiger partial charge on any atom is -0.494 e. The second-order valence-corrected chi connectivity index (χ2v) is 6.91. The third-order valence-electron chi connectivity index (χ3n) is 4.54. The summed E-state index contributed by atoms with van der Waals surface area (Å²) < 4.78 is 13.5. The molecule has 4 rings (SSSR count). The third kappa shape index (κ3) is 3.82. The second-order valence-electron chi connectivity index (χ2n) is 6.50. The van der Waals surface area contributed by atoms with E-state index in [9.17, 15) is 0 Å². The number of nitrogens with zero attached hydrogens (tertiary/aromatic N) is 2. The predicted octanol–water partition coefficient (Wildman–Crippen LogP) is 6.24. The molecule has 28 heavy (non-hydrogen) atoms. The van der Waals surface area contributed by atoms with Crippen LogP contribution in [0, 0.1) is 6.92 Å². The van der Waals surface area contributed by atoms with Crippen LogP contribution < -0.4 is 9.47 Å². The molecule has 0 fully saturated rings. The molecule has 4 nitrogen and oxygen atoms in total. The first-order valence-electron chi connectivity index (χ1n) is 9.25. The molecule has 0 radical (unpaired) electrons. The zero-order valence-corrected chi connectivity index (χ0v) is 16.6. The highest BCUT2D eigenvalue weighted by molar-refractivity contribution is 6.35. The lowest BCUT2D eigenvalue weighted by Crippen LogP contribution is -2.02. The lowest BCUT2D eigenvalue weighted by Gasteiger charge is -2.10. The van der Waals surface area contributed by atoms with Crippen molar-refractivity contribution in [2.75, 3.05) is 6.61 Å². The Kier molecular flexibility index (Phi) is 5.22. The smallest absolute Gasteiger partial charge is 0.127 e. The topological polar surface area (TPSA) is 36.3 Å². The van der Waals surface area contributed by atoms with Crippen molar-refractivity contribution in [3.63, 3.8) is 0 Å². The van der Waals surface area contributed by atoms with E-state index in [0.717, 1.165) is 39.7 Å². The van der Waals surface area contributed by atoms with Gasteiger partial charge in [0.15, 0.2) is 0 Å². The van der Waals surface area contributed by atoms with Gasteiger partial charge in [-0.25, -0.2) is 4.98 Å². The fraction of sp³-hybridized carbons (Fsp3) is 0.174. The highest BCUT2D eigenvalue weighted by Gasteiger charge is 2.11. The molecule has 1 aromatic heterocycles. The van der Waals surface area contributed by atoms with Crippen LogP contribution in [0.2, 0.25) is 5.02 Å². The van der Waals surface area contributed by atoms with E-state index in [4.69, 9.17) is 21.1 Å². The van der Waals surface area contributed by atoms with Crippen LogP contribution in [0.25, 0.3) is 11.0 Å². The molecule has 0 aliphatic carbocycles. The first kappa shape index (κ1) is 18.4. The summed E-state index contributed by atoms with van der Waals surface area (Å²) in [6, 6.07) is 21.5. The van der Waals surface area contributed by atoms with Crippen molar-refractivity contribution in [3.05, 3.63) is 83.1 Å². The molecular weight excluding hydrogens is 372 g/mol. The molecule has 0 amide bonds. The second kappa shape index (κ2) is 7.95. The van der Waals surface area contributed by atoms with Gasteiger partial charge < -0.3 is 14.0 Å². The van der Waals surface area contributed by atoms with E-state index in [-0.39, 0.29) is 0 Å². The number of aryl methyl sites for hydroxylation is 1. The molecule has 0 bridgehead atoms. The number of ether oxygens (including phenoxy) is 2. The number of benzene rings is 3. The van der Waals surface area contributed by atoms with Gasteiger partial charge in [0.1, 0.15) is 23.1 Å². The van der Waals surface area contributed by atoms with E-state index >= 15 is 0 Å². The third-order valence-corrected chi connectivity index (χ3v) is 4.85. The van der Waals surface area contributed by atoms with E-state index in [2.05, 4.69) is 21.7 Å². The summed E-state index contributed by atoms with van der Waals surface area (Å²) >= 11 is 6.40. The van der Waals surface area contributed by atoms with Crippen molar-refractivity contribution in [2.24, 2.45) is 0 Å². The summed E-state index contributed by atoms with van der Waals surface area (Å²) in [5, 5.41) is 0.716. The van der Waals surface area contributed by atoms with Gasteiger partial charge in [0.05, 0.1) is 22.7 Å². The molecule has 0 spiro atoms. The molecule has 5 heteroatoms. The highest BCUT2D eigenvalue weighted by atomic mass is 35.5. The molecule has 0 saturated heterocycles. The number of imidazole rings is 1. The maximum atomic E-state index is 6.40. The summed E-state index contributed by atoms with van der Waals surface area (Å²) in [6.45, 7) is 5.32. The Labute approximate surface area is 169 Å². The van der Waals surface area contributed by atoms with Crippen LogP contribution in [0.4, 0.5) is 0 Å². The van der Waals surface area contributed by atoms with Gasteiger partial charge >= 0.3 is 0 Å². The van der Waals surface area contributed by atoms with Gasteiger partial charge in [0.2, 0.25) is 0 Å². The Morgan fingerprint density at radius 3 is 2.21 bits per heavy atom. The zero-order chi connectivity index (χ0) is 19.5. The molecule has 0 unspecified atom stereocenters. The van der Waals surface area contributed by atoms with Gasteiger partial charge in [-0.2, -0.15) is 0 Å². The van der Waals surface area contributed by atoms with Crippen LogP contribution in [-0.4, -0.2) is 16.2 Å². The quantitative estimate of drug-likeness (QED) is 0.389. The van der Waals surface area contributed by atoms with Crippen molar-refractivity contribution < 1.29 is 9.47 Å². The molecular formula is C23H21ClN2O2. The lowest BCUT2D eigenvalue weighted by molar-refractivity contribution is 0.339. The van der Waals surface area contributed by atoms with E-state index in [1.54, 1.807) is 0 Å². The average Bonchev–Trinajstić information content (AvgIpc) is 3.02. The maximum Gasteiger partial charge on any atom is 0.127 e. The van der Waals surface area contributed by atoms with Crippen molar-refractivity contribution in [3.8, 4) is 17.2 Å². The number of aromatic nitrogens is 2. The highest BCUT2D eigenvalue weighted by Crippen LogP contribution is 2.27. The predicted molar refractivity (Wildman–Crippen MR) is 113 cm³/mol. The molecule has 0 atom stereocenters. The number of para-hydroxylation sites is 1. The molecule has 0 N–H and O–H groups in total. The number of fused-ring (bicyclic) bond motifs is 1. The summed E-state index contributed by atoms with van der Waals surface area (Å²) in [5.41, 5.74) is 3.04. The summed E-state index contributed by atoms with van der Waals surface area (Å²) in [5.74, 6) is 3.35. The first-order valence-corrected chi connectivity index (χ1v) is 9.63. The number of hydrogen-bond donors (Lipinski definition) is 0. The standard InChI is InChI=1S/C23H21ClN2O2/c1-3-27-18-11-13-20(14-12-18)28-19-9-7-17(8-10-19)15-26-16(2)25-22-6-4-5-21(24)23(22)26/h4-14H,3,15H2,1-2H3. The van der Waals surface area contributed by atoms with Crippen LogP contribution in [-0.2, 0) is 6.54 Å². The Balaban J connectivity index is 1.50. The number of halogens is 1. The van der Waals surface area contributed by atoms with Crippen LogP contribution in [0.1, 0.15) is 18.3 Å². The van der Waals surface area contributed by atoms with Crippen molar-refractivity contribution >= 4 is 22.6 Å². The van der Waals surface area contributed by atoms with E-state index in [1.807, 2.05) is 68.4 Å². The summed E-state index contributed by atoms with van der Waals surface area (Å²) in [7, 11) is 0. The minimum atomic E-state index is 0.651. The zero-order valence-electron chi connectivity index (χ0n) is 15.9. The summed E-state index contributed by atoms with van der Waals surface area (Å²) in [4.78, 5) is 4.61. The summed E-state index contributed by atoms with van der Waals surface area (Å²) in [6.07, 6.45) is 0. The first-order chi connectivity index (χ1) is 13.6. The van der Waals surface area contributed by atoms with Gasteiger partial charge in [-0.05, 0) is 67.9 Å². The SMILES string of the molecule is CCOc1ccc(Oc2ccc(Cn3c(C)nc4cccc(Cl)c43)cc2)cc1. The van der Waals surface area contributed by atoms with Crippen molar-refractivity contribution in [2.45, 2.75) is 20.4 Å². The van der Waals surface area contributed by atoms with Gasteiger partial charge in [-0.3, -0.25) is 0 Å². The monoisotopic (exact) mass is 392 g/mol. The van der Waals surface area contributed by atoms with Gasteiger partial charge in [0.25, 0.3) is 0 Å². The Bertz CT molecular complexity index is 1090. The van der Waals surface area contributed by atoms with Crippen molar-refractivity contribution in [1.29, 1.82) is 0 Å². The number of rotatable bonds is 6. The van der Waals surface area contributed by atoms with Crippen LogP contribution in [0.3, 0.4) is 0 Å².